The highest BCUT2D eigenvalue weighted by molar-refractivity contribution is 5.41. The second-order valence-electron chi connectivity index (χ2n) is 6.02. The summed E-state index contributed by atoms with van der Waals surface area (Å²) in [5.41, 5.74) is 0.239. The molecule has 3 nitrogen and oxygen atoms in total. The smallest absolute Gasteiger partial charge is 0.416 e. The minimum absolute atomic E-state index is 0.166. The van der Waals surface area contributed by atoms with Crippen molar-refractivity contribution < 1.29 is 17.9 Å². The van der Waals surface area contributed by atoms with Crippen molar-refractivity contribution >= 4 is 0 Å². The summed E-state index contributed by atoms with van der Waals surface area (Å²) in [5, 5.41) is 3.32. The molecule has 0 amide bonds. The number of alkyl halides is 3. The first-order valence-corrected chi connectivity index (χ1v) is 7.70. The molecule has 0 spiro atoms. The number of methoxy groups -OCH3 is 1. The third kappa shape index (κ3) is 3.22. The number of nitrogens with one attached hydrogen (secondary N) is 1. The summed E-state index contributed by atoms with van der Waals surface area (Å²) in [6.45, 7) is 3.69. The third-order valence-electron chi connectivity index (χ3n) is 4.49. The maximum atomic E-state index is 12.9. The van der Waals surface area contributed by atoms with Gasteiger partial charge in [0, 0.05) is 37.8 Å². The van der Waals surface area contributed by atoms with Gasteiger partial charge in [-0.25, -0.2) is 0 Å². The van der Waals surface area contributed by atoms with Gasteiger partial charge in [0.1, 0.15) is 5.75 Å². The van der Waals surface area contributed by atoms with Crippen molar-refractivity contribution in [3.05, 3.63) is 29.3 Å². The Hall–Kier alpha value is -1.27. The molecule has 1 aromatic carbocycles. The zero-order valence-electron chi connectivity index (χ0n) is 12.6. The highest BCUT2D eigenvalue weighted by atomic mass is 19.4. The number of hydrogen-bond donors (Lipinski definition) is 1. The quantitative estimate of drug-likeness (QED) is 0.924. The number of piperazine rings is 1. The first-order chi connectivity index (χ1) is 10.5. The van der Waals surface area contributed by atoms with Gasteiger partial charge in [-0.15, -0.1) is 0 Å². The summed E-state index contributed by atoms with van der Waals surface area (Å²) in [5.74, 6) is 0.883. The largest absolute Gasteiger partial charge is 0.496 e. The number of halogens is 3. The van der Waals surface area contributed by atoms with Crippen molar-refractivity contribution in [3.63, 3.8) is 0 Å². The Labute approximate surface area is 128 Å². The van der Waals surface area contributed by atoms with Gasteiger partial charge >= 0.3 is 6.18 Å². The predicted molar refractivity (Wildman–Crippen MR) is 77.9 cm³/mol. The van der Waals surface area contributed by atoms with E-state index >= 15 is 0 Å². The fourth-order valence-electron chi connectivity index (χ4n) is 3.25. The van der Waals surface area contributed by atoms with Crippen LogP contribution in [0.2, 0.25) is 0 Å². The lowest BCUT2D eigenvalue weighted by molar-refractivity contribution is -0.137. The SMILES string of the molecule is COc1cc(C(F)(F)F)ccc1[C@H](C1CC1)N1CCNCC1. The van der Waals surface area contributed by atoms with E-state index in [9.17, 15) is 13.2 Å². The van der Waals surface area contributed by atoms with Crippen molar-refractivity contribution in [1.29, 1.82) is 0 Å². The van der Waals surface area contributed by atoms with Gasteiger partial charge in [-0.1, -0.05) is 6.07 Å². The molecule has 6 heteroatoms. The molecule has 3 rings (SSSR count). The molecule has 0 bridgehead atoms. The van der Waals surface area contributed by atoms with Gasteiger partial charge in [0.15, 0.2) is 0 Å². The van der Waals surface area contributed by atoms with Crippen molar-refractivity contribution in [2.45, 2.75) is 25.1 Å². The van der Waals surface area contributed by atoms with Crippen molar-refractivity contribution in [2.75, 3.05) is 33.3 Å². The summed E-state index contributed by atoms with van der Waals surface area (Å²) in [6, 6.07) is 4.08. The Morgan fingerprint density at radius 1 is 1.23 bits per heavy atom. The van der Waals surface area contributed by atoms with Crippen LogP contribution < -0.4 is 10.1 Å². The van der Waals surface area contributed by atoms with E-state index in [0.29, 0.717) is 11.7 Å². The van der Waals surface area contributed by atoms with Crippen molar-refractivity contribution in [1.82, 2.24) is 10.2 Å². The molecule has 1 atom stereocenters. The molecular formula is C16H21F3N2O. The molecule has 1 N–H and O–H groups in total. The first kappa shape index (κ1) is 15.6. The van der Waals surface area contributed by atoms with Crippen LogP contribution in [0.1, 0.15) is 30.0 Å². The summed E-state index contributed by atoms with van der Waals surface area (Å²) in [7, 11) is 1.45. The van der Waals surface area contributed by atoms with Gasteiger partial charge in [-0.2, -0.15) is 13.2 Å². The molecular weight excluding hydrogens is 293 g/mol. The average Bonchev–Trinajstić information content (AvgIpc) is 3.32. The van der Waals surface area contributed by atoms with Gasteiger partial charge in [-0.05, 0) is 30.9 Å². The molecule has 0 aromatic heterocycles. The van der Waals surface area contributed by atoms with Crippen molar-refractivity contribution in [3.8, 4) is 5.75 Å². The Balaban J connectivity index is 1.93. The number of hydrogen-bond acceptors (Lipinski definition) is 3. The Morgan fingerprint density at radius 2 is 1.91 bits per heavy atom. The summed E-state index contributed by atoms with van der Waals surface area (Å²) < 4.78 is 44.0. The zero-order valence-corrected chi connectivity index (χ0v) is 12.6. The zero-order chi connectivity index (χ0) is 15.7. The first-order valence-electron chi connectivity index (χ1n) is 7.70. The highest BCUT2D eigenvalue weighted by Crippen LogP contribution is 2.47. The average molecular weight is 314 g/mol. The number of ether oxygens (including phenoxy) is 1. The van der Waals surface area contributed by atoms with E-state index in [2.05, 4.69) is 10.2 Å². The van der Waals surface area contributed by atoms with Gasteiger partial charge in [0.25, 0.3) is 0 Å². The highest BCUT2D eigenvalue weighted by Gasteiger charge is 2.39. The van der Waals surface area contributed by atoms with Crippen LogP contribution in [-0.2, 0) is 6.18 Å². The molecule has 2 aliphatic rings. The van der Waals surface area contributed by atoms with E-state index in [0.717, 1.165) is 50.7 Å². The summed E-state index contributed by atoms with van der Waals surface area (Å²) in [6.07, 6.45) is -2.06. The standard InChI is InChI=1S/C16H21F3N2O/c1-22-14-10-12(16(17,18)19)4-5-13(14)15(11-2-3-11)21-8-6-20-7-9-21/h4-5,10-11,15,20H,2-3,6-9H2,1H3/t15-/m0/s1. The second kappa shape index (κ2) is 6.08. The normalized spacial score (nSPS) is 21.6. The minimum Gasteiger partial charge on any atom is -0.496 e. The van der Waals surface area contributed by atoms with Crippen LogP contribution in [0.15, 0.2) is 18.2 Å². The number of rotatable bonds is 4. The third-order valence-corrected chi connectivity index (χ3v) is 4.49. The van der Waals surface area contributed by atoms with Crippen LogP contribution in [0.4, 0.5) is 13.2 Å². The topological polar surface area (TPSA) is 24.5 Å². The summed E-state index contributed by atoms with van der Waals surface area (Å²) >= 11 is 0. The Kier molecular flexibility index (Phi) is 4.32. The van der Waals surface area contributed by atoms with E-state index in [1.165, 1.54) is 13.2 Å². The Morgan fingerprint density at radius 3 is 2.45 bits per heavy atom. The molecule has 1 aliphatic heterocycles. The van der Waals surface area contributed by atoms with Crippen molar-refractivity contribution in [2.24, 2.45) is 5.92 Å². The lowest BCUT2D eigenvalue weighted by atomic mass is 9.97. The minimum atomic E-state index is -4.34. The molecule has 122 valence electrons. The van der Waals surface area contributed by atoms with Gasteiger partial charge in [0.05, 0.1) is 12.7 Å². The number of benzene rings is 1. The summed E-state index contributed by atoms with van der Waals surface area (Å²) in [4.78, 5) is 2.37. The lowest BCUT2D eigenvalue weighted by Gasteiger charge is -2.36. The molecule has 0 unspecified atom stereocenters. The number of nitrogens with zero attached hydrogens (tertiary/aromatic N) is 1. The van der Waals surface area contributed by atoms with E-state index in [1.807, 2.05) is 0 Å². The molecule has 22 heavy (non-hydrogen) atoms. The maximum Gasteiger partial charge on any atom is 0.416 e. The monoisotopic (exact) mass is 314 g/mol. The molecule has 2 fully saturated rings. The molecule has 0 radical (unpaired) electrons. The maximum absolute atomic E-state index is 12.9. The molecule has 1 heterocycles. The Bertz CT molecular complexity index is 523. The molecule has 1 saturated heterocycles. The second-order valence-corrected chi connectivity index (χ2v) is 6.02. The lowest BCUT2D eigenvalue weighted by Crippen LogP contribution is -2.45. The molecule has 1 aromatic rings. The van der Waals surface area contributed by atoms with E-state index in [-0.39, 0.29) is 6.04 Å². The van der Waals surface area contributed by atoms with E-state index in [4.69, 9.17) is 4.74 Å². The van der Waals surface area contributed by atoms with Crippen LogP contribution in [0, 0.1) is 5.92 Å². The van der Waals surface area contributed by atoms with Crippen LogP contribution >= 0.6 is 0 Å². The van der Waals surface area contributed by atoms with Crippen LogP contribution in [0.25, 0.3) is 0 Å². The van der Waals surface area contributed by atoms with Crippen LogP contribution in [-0.4, -0.2) is 38.2 Å². The molecule has 1 saturated carbocycles. The van der Waals surface area contributed by atoms with E-state index in [1.54, 1.807) is 6.07 Å². The predicted octanol–water partition coefficient (Wildman–Crippen LogP) is 3.07. The van der Waals surface area contributed by atoms with Crippen LogP contribution in [0.5, 0.6) is 5.75 Å². The van der Waals surface area contributed by atoms with Gasteiger partial charge < -0.3 is 10.1 Å². The van der Waals surface area contributed by atoms with Gasteiger partial charge in [-0.3, -0.25) is 4.90 Å². The van der Waals surface area contributed by atoms with Gasteiger partial charge in [0.2, 0.25) is 0 Å². The molecule has 1 aliphatic carbocycles. The fraction of sp³-hybridized carbons (Fsp3) is 0.625. The van der Waals surface area contributed by atoms with E-state index < -0.39 is 11.7 Å². The fourth-order valence-corrected chi connectivity index (χ4v) is 3.25. The van der Waals surface area contributed by atoms with Crippen LogP contribution in [0.3, 0.4) is 0 Å².